The number of rotatable bonds is 6. The van der Waals surface area contributed by atoms with Crippen LogP contribution in [-0.4, -0.2) is 49.4 Å². The predicted molar refractivity (Wildman–Crippen MR) is 97.4 cm³/mol. The van der Waals surface area contributed by atoms with E-state index in [1.54, 1.807) is 0 Å². The summed E-state index contributed by atoms with van der Waals surface area (Å²) in [4.78, 5) is 28.3. The first-order chi connectivity index (χ1) is 11.7. The van der Waals surface area contributed by atoms with Crippen LogP contribution in [0.15, 0.2) is 38.9 Å². The molecule has 0 aliphatic carbocycles. The molecule has 0 unspecified atom stereocenters. The summed E-state index contributed by atoms with van der Waals surface area (Å²) in [6.45, 7) is 1.86. The van der Waals surface area contributed by atoms with E-state index in [-0.39, 0.29) is 16.2 Å². The highest BCUT2D eigenvalue weighted by Gasteiger charge is 2.19. The molecule has 1 heterocycles. The molecule has 2 amide bonds. The number of sulfonamides is 1. The Bertz CT molecular complexity index is 891. The molecule has 0 bridgehead atoms. The Morgan fingerprint density at radius 2 is 2.04 bits per heavy atom. The van der Waals surface area contributed by atoms with Crippen LogP contribution in [0.1, 0.15) is 16.1 Å². The van der Waals surface area contributed by atoms with Crippen molar-refractivity contribution in [2.24, 2.45) is 0 Å². The Morgan fingerprint density at radius 3 is 2.64 bits per heavy atom. The van der Waals surface area contributed by atoms with E-state index in [4.69, 9.17) is 0 Å². The van der Waals surface area contributed by atoms with Gasteiger partial charge in [0.05, 0.1) is 10.6 Å². The maximum atomic E-state index is 12.2. The Morgan fingerprint density at radius 1 is 1.32 bits per heavy atom. The first kappa shape index (κ1) is 19.6. The van der Waals surface area contributed by atoms with Crippen LogP contribution in [0.2, 0.25) is 0 Å². The Hall–Kier alpha value is -1.75. The van der Waals surface area contributed by atoms with Crippen LogP contribution >= 0.6 is 23.1 Å². The molecule has 1 aromatic heterocycles. The third kappa shape index (κ3) is 5.11. The van der Waals surface area contributed by atoms with Crippen LogP contribution in [0.5, 0.6) is 0 Å². The van der Waals surface area contributed by atoms with Gasteiger partial charge >= 0.3 is 0 Å². The number of thiazole rings is 1. The van der Waals surface area contributed by atoms with Gasteiger partial charge in [0.25, 0.3) is 5.91 Å². The minimum atomic E-state index is -3.65. The number of hydrogen-bond donors (Lipinski definition) is 1. The highest BCUT2D eigenvalue weighted by molar-refractivity contribution is 8.01. The molecule has 10 heteroatoms. The summed E-state index contributed by atoms with van der Waals surface area (Å²) in [5, 5.41) is 4.13. The third-order valence-corrected chi connectivity index (χ3v) is 7.00. The van der Waals surface area contributed by atoms with E-state index in [1.165, 1.54) is 61.5 Å². The molecule has 0 aliphatic rings. The molecule has 7 nitrogen and oxygen atoms in total. The lowest BCUT2D eigenvalue weighted by molar-refractivity contribution is -0.117. The normalized spacial score (nSPS) is 11.5. The fourth-order valence-electron chi connectivity index (χ4n) is 1.77. The largest absolute Gasteiger partial charge is 0.292 e. The monoisotopic (exact) mass is 399 g/mol. The van der Waals surface area contributed by atoms with Gasteiger partial charge in [-0.2, -0.15) is 0 Å². The van der Waals surface area contributed by atoms with E-state index >= 15 is 0 Å². The number of imide groups is 1. The average molecular weight is 400 g/mol. The summed E-state index contributed by atoms with van der Waals surface area (Å²) in [5.41, 5.74) is 0.981. The maximum Gasteiger partial charge on any atom is 0.257 e. The van der Waals surface area contributed by atoms with Crippen molar-refractivity contribution in [3.05, 3.63) is 40.9 Å². The van der Waals surface area contributed by atoms with Gasteiger partial charge < -0.3 is 0 Å². The minimum Gasteiger partial charge on any atom is -0.292 e. The lowest BCUT2D eigenvalue weighted by Crippen LogP contribution is -2.32. The molecule has 0 radical (unpaired) electrons. The van der Waals surface area contributed by atoms with Crippen LogP contribution in [0.3, 0.4) is 0 Å². The van der Waals surface area contributed by atoms with Crippen molar-refractivity contribution in [1.29, 1.82) is 0 Å². The second-order valence-electron chi connectivity index (χ2n) is 5.24. The Kier molecular flexibility index (Phi) is 6.33. The van der Waals surface area contributed by atoms with Gasteiger partial charge in [0.1, 0.15) is 0 Å². The molecule has 2 aromatic rings. The number of nitrogens with one attached hydrogen (secondary N) is 1. The number of thioether (sulfide) groups is 1. The van der Waals surface area contributed by atoms with Gasteiger partial charge in [-0.1, -0.05) is 17.8 Å². The van der Waals surface area contributed by atoms with Crippen LogP contribution in [0.4, 0.5) is 0 Å². The number of aryl methyl sites for hydroxylation is 1. The van der Waals surface area contributed by atoms with E-state index in [1.807, 2.05) is 12.3 Å². The van der Waals surface area contributed by atoms with Crippen LogP contribution in [0.25, 0.3) is 0 Å². The van der Waals surface area contributed by atoms with Crippen molar-refractivity contribution in [2.45, 2.75) is 16.2 Å². The van der Waals surface area contributed by atoms with Crippen molar-refractivity contribution in [3.8, 4) is 0 Å². The molecular weight excluding hydrogens is 382 g/mol. The van der Waals surface area contributed by atoms with Crippen molar-refractivity contribution < 1.29 is 18.0 Å². The topological polar surface area (TPSA) is 96.4 Å². The van der Waals surface area contributed by atoms with Gasteiger partial charge in [0.15, 0.2) is 4.34 Å². The first-order valence-electron chi connectivity index (χ1n) is 7.12. The quantitative estimate of drug-likeness (QED) is 0.744. The zero-order chi connectivity index (χ0) is 18.6. The summed E-state index contributed by atoms with van der Waals surface area (Å²) in [7, 11) is -0.836. The van der Waals surface area contributed by atoms with Gasteiger partial charge in [0.2, 0.25) is 15.9 Å². The molecule has 0 atom stereocenters. The Labute approximate surface area is 154 Å². The lowest BCUT2D eigenvalue weighted by Gasteiger charge is -2.12. The van der Waals surface area contributed by atoms with Gasteiger partial charge in [-0.15, -0.1) is 11.3 Å². The molecular formula is C15H17N3O4S3. The van der Waals surface area contributed by atoms with Gasteiger partial charge in [0, 0.05) is 30.7 Å². The molecule has 0 fully saturated rings. The van der Waals surface area contributed by atoms with E-state index in [9.17, 15) is 18.0 Å². The zero-order valence-electron chi connectivity index (χ0n) is 13.8. The fourth-order valence-corrected chi connectivity index (χ4v) is 4.37. The number of carbonyl (C=O) groups excluding carboxylic acids is 2. The molecule has 25 heavy (non-hydrogen) atoms. The molecule has 0 aliphatic heterocycles. The molecule has 0 spiro atoms. The lowest BCUT2D eigenvalue weighted by atomic mass is 10.2. The summed E-state index contributed by atoms with van der Waals surface area (Å²) < 4.78 is 26.0. The summed E-state index contributed by atoms with van der Waals surface area (Å²) in [6, 6.07) is 5.56. The van der Waals surface area contributed by atoms with Gasteiger partial charge in [-0.3, -0.25) is 14.9 Å². The van der Waals surface area contributed by atoms with E-state index in [0.29, 0.717) is 0 Å². The highest BCUT2D eigenvalue weighted by atomic mass is 32.2. The Balaban J connectivity index is 2.02. The molecule has 0 saturated heterocycles. The van der Waals surface area contributed by atoms with Gasteiger partial charge in [-0.25, -0.2) is 17.7 Å². The van der Waals surface area contributed by atoms with Crippen LogP contribution < -0.4 is 5.32 Å². The molecule has 1 N–H and O–H groups in total. The highest BCUT2D eigenvalue weighted by Crippen LogP contribution is 2.22. The first-order valence-corrected chi connectivity index (χ1v) is 10.4. The average Bonchev–Trinajstić information content (AvgIpc) is 2.98. The number of aromatic nitrogens is 1. The number of hydrogen-bond acceptors (Lipinski definition) is 7. The number of benzene rings is 1. The number of amides is 2. The smallest absolute Gasteiger partial charge is 0.257 e. The SMILES string of the molecule is Cc1csc(SCC(=O)NC(=O)c2cccc(S(=O)(=O)N(C)C)c2)n1. The van der Waals surface area contributed by atoms with E-state index < -0.39 is 21.8 Å². The summed E-state index contributed by atoms with van der Waals surface area (Å²) >= 11 is 2.67. The van der Waals surface area contributed by atoms with Crippen molar-refractivity contribution in [3.63, 3.8) is 0 Å². The van der Waals surface area contributed by atoms with Crippen molar-refractivity contribution >= 4 is 44.9 Å². The second kappa shape index (κ2) is 8.09. The maximum absolute atomic E-state index is 12.2. The molecule has 0 saturated carbocycles. The van der Waals surface area contributed by atoms with Crippen LogP contribution in [-0.2, 0) is 14.8 Å². The standard InChI is InChI=1S/C15H17N3O4S3/c1-10-8-23-15(16-10)24-9-13(19)17-14(20)11-5-4-6-12(7-11)25(21,22)18(2)3/h4-8H,9H2,1-3H3,(H,17,19,20). The fraction of sp³-hybridized carbons (Fsp3) is 0.267. The third-order valence-electron chi connectivity index (χ3n) is 3.05. The van der Waals surface area contributed by atoms with E-state index in [2.05, 4.69) is 10.3 Å². The second-order valence-corrected chi connectivity index (χ2v) is 9.47. The minimum absolute atomic E-state index is 0.00904. The van der Waals surface area contributed by atoms with Crippen molar-refractivity contribution in [1.82, 2.24) is 14.6 Å². The number of nitrogens with zero attached hydrogens (tertiary/aromatic N) is 2. The number of carbonyl (C=O) groups is 2. The molecule has 134 valence electrons. The predicted octanol–water partition coefficient (Wildman–Crippen LogP) is 1.75. The molecule has 2 rings (SSSR count). The van der Waals surface area contributed by atoms with Crippen LogP contribution in [0, 0.1) is 6.92 Å². The van der Waals surface area contributed by atoms with E-state index in [0.717, 1.165) is 14.3 Å². The summed E-state index contributed by atoms with van der Waals surface area (Å²) in [6.07, 6.45) is 0. The van der Waals surface area contributed by atoms with Gasteiger partial charge in [-0.05, 0) is 25.1 Å². The zero-order valence-corrected chi connectivity index (χ0v) is 16.3. The molecule has 1 aromatic carbocycles. The van der Waals surface area contributed by atoms with Crippen molar-refractivity contribution in [2.75, 3.05) is 19.8 Å². The summed E-state index contributed by atoms with van der Waals surface area (Å²) in [5.74, 6) is -1.06.